The highest BCUT2D eigenvalue weighted by Crippen LogP contribution is 2.48. The Morgan fingerprint density at radius 2 is 1.84 bits per heavy atom. The molecular formula is C24H27N5O2. The van der Waals surface area contributed by atoms with Crippen molar-refractivity contribution in [2.24, 2.45) is 5.41 Å². The molecule has 0 N–H and O–H groups in total. The number of rotatable bonds is 3. The van der Waals surface area contributed by atoms with Gasteiger partial charge in [-0.3, -0.25) is 9.69 Å². The van der Waals surface area contributed by atoms with E-state index in [1.807, 2.05) is 54.3 Å². The van der Waals surface area contributed by atoms with Crippen molar-refractivity contribution in [2.75, 3.05) is 26.7 Å². The third-order valence-corrected chi connectivity index (χ3v) is 6.72. The summed E-state index contributed by atoms with van der Waals surface area (Å²) in [7, 11) is 2.13. The summed E-state index contributed by atoms with van der Waals surface area (Å²) in [6.07, 6.45) is 2.95. The van der Waals surface area contributed by atoms with E-state index in [9.17, 15) is 4.79 Å². The smallest absolute Gasteiger partial charge is 0.272 e. The predicted octanol–water partition coefficient (Wildman–Crippen LogP) is 3.74. The summed E-state index contributed by atoms with van der Waals surface area (Å²) in [5.41, 5.74) is 2.53. The van der Waals surface area contributed by atoms with Crippen LogP contribution in [0.5, 0.6) is 0 Å². The van der Waals surface area contributed by atoms with E-state index in [1.54, 1.807) is 6.07 Å². The maximum Gasteiger partial charge on any atom is 0.272 e. The Hall–Kier alpha value is -3.06. The number of hydrogen-bond acceptors (Lipinski definition) is 6. The lowest BCUT2D eigenvalue weighted by Crippen LogP contribution is -2.44. The van der Waals surface area contributed by atoms with Crippen LogP contribution in [0.2, 0.25) is 0 Å². The summed E-state index contributed by atoms with van der Waals surface area (Å²) >= 11 is 0. The van der Waals surface area contributed by atoms with Crippen molar-refractivity contribution in [1.82, 2.24) is 24.9 Å². The molecule has 0 aliphatic carbocycles. The van der Waals surface area contributed by atoms with Crippen molar-refractivity contribution < 1.29 is 9.32 Å². The van der Waals surface area contributed by atoms with Crippen LogP contribution < -0.4 is 0 Å². The quantitative estimate of drug-likeness (QED) is 0.646. The van der Waals surface area contributed by atoms with Crippen molar-refractivity contribution in [2.45, 2.75) is 32.2 Å². The van der Waals surface area contributed by atoms with E-state index in [1.165, 1.54) is 0 Å². The van der Waals surface area contributed by atoms with Crippen LogP contribution in [-0.4, -0.2) is 57.5 Å². The molecule has 31 heavy (non-hydrogen) atoms. The largest absolute Gasteiger partial charge is 0.337 e. The predicted molar refractivity (Wildman–Crippen MR) is 116 cm³/mol. The molecule has 2 fully saturated rings. The topological polar surface area (TPSA) is 75.4 Å². The number of carbonyl (C=O) groups excluding carboxylic acids is 1. The van der Waals surface area contributed by atoms with Gasteiger partial charge in [-0.05, 0) is 62.9 Å². The van der Waals surface area contributed by atoms with Crippen LogP contribution >= 0.6 is 0 Å². The lowest BCUT2D eigenvalue weighted by Gasteiger charge is -2.39. The summed E-state index contributed by atoms with van der Waals surface area (Å²) in [6, 6.07) is 15.6. The molecule has 7 nitrogen and oxygen atoms in total. The molecule has 1 atom stereocenters. The summed E-state index contributed by atoms with van der Waals surface area (Å²) in [6.45, 7) is 4.42. The molecule has 3 aromatic rings. The molecule has 1 spiro atoms. The van der Waals surface area contributed by atoms with Gasteiger partial charge in [0.2, 0.25) is 0 Å². The fourth-order valence-corrected chi connectivity index (χ4v) is 5.00. The lowest BCUT2D eigenvalue weighted by molar-refractivity contribution is 0.0587. The molecule has 0 bridgehead atoms. The molecule has 160 valence electrons. The van der Waals surface area contributed by atoms with Gasteiger partial charge in [0, 0.05) is 30.9 Å². The Kier molecular flexibility index (Phi) is 5.06. The second-order valence-electron chi connectivity index (χ2n) is 8.92. The fraction of sp³-hybridized carbons (Fsp3) is 0.417. The zero-order chi connectivity index (χ0) is 21.4. The molecule has 1 aromatic carbocycles. The second kappa shape index (κ2) is 7.89. The first-order chi connectivity index (χ1) is 15.0. The summed E-state index contributed by atoms with van der Waals surface area (Å²) in [5, 5.41) is 4.29. The molecule has 4 heterocycles. The van der Waals surface area contributed by atoms with Crippen molar-refractivity contribution in [3.63, 3.8) is 0 Å². The molecule has 2 aromatic heterocycles. The van der Waals surface area contributed by atoms with Gasteiger partial charge in [-0.2, -0.15) is 4.98 Å². The minimum absolute atomic E-state index is 0.0344. The van der Waals surface area contributed by atoms with E-state index < -0.39 is 0 Å². The van der Waals surface area contributed by atoms with Crippen LogP contribution in [0.15, 0.2) is 53.1 Å². The minimum Gasteiger partial charge on any atom is -0.337 e. The van der Waals surface area contributed by atoms with Crippen molar-refractivity contribution in [3.8, 4) is 11.5 Å². The van der Waals surface area contributed by atoms with Crippen LogP contribution in [-0.2, 0) is 0 Å². The number of aromatic nitrogens is 3. The highest BCUT2D eigenvalue weighted by atomic mass is 16.5. The van der Waals surface area contributed by atoms with Crippen LogP contribution in [0.25, 0.3) is 11.5 Å². The minimum atomic E-state index is 0.0344. The maximum atomic E-state index is 12.9. The average Bonchev–Trinajstić information content (AvgIpc) is 3.39. The van der Waals surface area contributed by atoms with Gasteiger partial charge in [-0.25, -0.2) is 4.98 Å². The Labute approximate surface area is 182 Å². The third kappa shape index (κ3) is 3.85. The SMILES string of the molecule is Cc1cccc(C(=O)N2CCC3(CC2)CC(c2noc(-c4ccccc4)n2)N(C)C3)n1. The van der Waals surface area contributed by atoms with Crippen LogP contribution in [0, 0.1) is 12.3 Å². The Bertz CT molecular complexity index is 1070. The molecule has 7 heteroatoms. The van der Waals surface area contributed by atoms with Gasteiger partial charge >= 0.3 is 0 Å². The Balaban J connectivity index is 1.26. The first kappa shape index (κ1) is 19.9. The Morgan fingerprint density at radius 1 is 1.06 bits per heavy atom. The van der Waals surface area contributed by atoms with Gasteiger partial charge < -0.3 is 9.42 Å². The van der Waals surface area contributed by atoms with Gasteiger partial charge in [0.1, 0.15) is 5.69 Å². The monoisotopic (exact) mass is 417 g/mol. The van der Waals surface area contributed by atoms with Gasteiger partial charge in [-0.1, -0.05) is 29.4 Å². The van der Waals surface area contributed by atoms with E-state index in [0.29, 0.717) is 11.6 Å². The number of hydrogen-bond donors (Lipinski definition) is 0. The lowest BCUT2D eigenvalue weighted by atomic mass is 9.76. The summed E-state index contributed by atoms with van der Waals surface area (Å²) in [4.78, 5) is 26.2. The van der Waals surface area contributed by atoms with Gasteiger partial charge in [0.25, 0.3) is 11.8 Å². The van der Waals surface area contributed by atoms with Crippen molar-refractivity contribution in [3.05, 3.63) is 65.7 Å². The number of amides is 1. The normalized spacial score (nSPS) is 21.0. The summed E-state index contributed by atoms with van der Waals surface area (Å²) < 4.78 is 5.55. The molecule has 2 aliphatic rings. The van der Waals surface area contributed by atoms with Gasteiger partial charge in [0.15, 0.2) is 5.82 Å². The van der Waals surface area contributed by atoms with Gasteiger partial charge in [-0.15, -0.1) is 0 Å². The van der Waals surface area contributed by atoms with Crippen LogP contribution in [0.4, 0.5) is 0 Å². The highest BCUT2D eigenvalue weighted by molar-refractivity contribution is 5.92. The molecule has 0 saturated carbocycles. The molecule has 2 saturated heterocycles. The molecule has 2 aliphatic heterocycles. The second-order valence-corrected chi connectivity index (χ2v) is 8.92. The van der Waals surface area contributed by atoms with E-state index in [-0.39, 0.29) is 17.4 Å². The molecule has 5 rings (SSSR count). The van der Waals surface area contributed by atoms with E-state index in [2.05, 4.69) is 27.1 Å². The third-order valence-electron chi connectivity index (χ3n) is 6.72. The number of carbonyl (C=O) groups is 1. The first-order valence-corrected chi connectivity index (χ1v) is 10.9. The number of aryl methyl sites for hydroxylation is 1. The van der Waals surface area contributed by atoms with Gasteiger partial charge in [0.05, 0.1) is 6.04 Å². The number of pyridine rings is 1. The average molecular weight is 418 g/mol. The zero-order valence-electron chi connectivity index (χ0n) is 18.0. The van der Waals surface area contributed by atoms with E-state index in [4.69, 9.17) is 4.52 Å². The number of nitrogens with zero attached hydrogens (tertiary/aromatic N) is 5. The maximum absolute atomic E-state index is 12.9. The van der Waals surface area contributed by atoms with Crippen molar-refractivity contribution >= 4 is 5.91 Å². The molecular weight excluding hydrogens is 390 g/mol. The van der Waals surface area contributed by atoms with E-state index in [0.717, 1.165) is 56.0 Å². The Morgan fingerprint density at radius 3 is 2.58 bits per heavy atom. The first-order valence-electron chi connectivity index (χ1n) is 10.9. The van der Waals surface area contributed by atoms with Crippen LogP contribution in [0.1, 0.15) is 47.3 Å². The standard InChI is InChI=1S/C24H27N5O2/c1-17-7-6-10-19(25-17)23(30)29-13-11-24(12-14-29)15-20(28(2)16-24)21-26-22(31-27-21)18-8-4-3-5-9-18/h3-10,20H,11-16H2,1-2H3. The number of likely N-dealkylation sites (tertiary alicyclic amines) is 2. The van der Waals surface area contributed by atoms with Crippen molar-refractivity contribution in [1.29, 1.82) is 0 Å². The van der Waals surface area contributed by atoms with E-state index >= 15 is 0 Å². The highest BCUT2D eigenvalue weighted by Gasteiger charge is 2.46. The van der Waals surface area contributed by atoms with Crippen LogP contribution in [0.3, 0.4) is 0 Å². The molecule has 0 radical (unpaired) electrons. The summed E-state index contributed by atoms with van der Waals surface area (Å²) in [5.74, 6) is 1.35. The number of piperidine rings is 1. The number of benzene rings is 1. The molecule has 1 unspecified atom stereocenters. The fourth-order valence-electron chi connectivity index (χ4n) is 5.00. The molecule has 1 amide bonds. The zero-order valence-corrected chi connectivity index (χ0v) is 18.0.